The Bertz CT molecular complexity index is 1600. The lowest BCUT2D eigenvalue weighted by Gasteiger charge is -2.21. The van der Waals surface area contributed by atoms with Crippen LogP contribution >= 0.6 is 0 Å². The first-order chi connectivity index (χ1) is 34.5. The molecule has 0 aliphatic carbocycles. The van der Waals surface area contributed by atoms with Gasteiger partial charge in [-0.2, -0.15) is 0 Å². The van der Waals surface area contributed by atoms with Crippen LogP contribution in [0.15, 0.2) is 47.5 Å². The first-order valence-corrected chi connectivity index (χ1v) is 31.5. The molecule has 0 amide bonds. The molecule has 0 aliphatic rings. The Balaban J connectivity index is 1.94. The lowest BCUT2D eigenvalue weighted by Crippen LogP contribution is -2.04. The summed E-state index contributed by atoms with van der Waals surface area (Å²) in [5.41, 5.74) is 22.6. The maximum Gasteiger partial charge on any atom is 0.303 e. The number of hydrogen-bond donors (Lipinski definition) is 0. The van der Waals surface area contributed by atoms with E-state index in [9.17, 15) is 5.53 Å². The number of nitrogens with zero attached hydrogens (tertiary/aromatic N) is 2. The van der Waals surface area contributed by atoms with E-state index in [0.717, 1.165) is 56.9 Å². The molecule has 2 aromatic rings. The van der Waals surface area contributed by atoms with Gasteiger partial charge in [-0.15, -0.1) is 4.79 Å². The van der Waals surface area contributed by atoms with Crippen LogP contribution in [0, 0.1) is 0 Å². The molecule has 70 heavy (non-hydrogen) atoms. The molecular formula is C68H116N2. The Morgan fingerprint density at radius 3 is 0.929 bits per heavy atom. The summed E-state index contributed by atoms with van der Waals surface area (Å²) in [7, 11) is 0. The SMILES string of the molecule is CCCCCCCCCCCCCCCCCCCCCCCCCCCCCCC(=C=[N+]=[N-])C(CCCCCC)=C(c1cc(CC)cc(CC)c1)c1cc(CCCCCC)cc(CCCCCC)c1. The van der Waals surface area contributed by atoms with Crippen molar-refractivity contribution in [2.24, 2.45) is 0 Å². The monoisotopic (exact) mass is 961 g/mol. The smallest absolute Gasteiger partial charge is 0.303 e. The highest BCUT2D eigenvalue weighted by atomic mass is 14.8. The zero-order valence-corrected chi connectivity index (χ0v) is 47.9. The second kappa shape index (κ2) is 46.1. The van der Waals surface area contributed by atoms with Gasteiger partial charge in [0.05, 0.1) is 5.57 Å². The molecule has 0 spiro atoms. The zero-order chi connectivity index (χ0) is 50.4. The molecule has 2 rings (SSSR count). The summed E-state index contributed by atoms with van der Waals surface area (Å²) in [5.74, 6) is 3.24. The molecule has 0 aromatic heterocycles. The van der Waals surface area contributed by atoms with Gasteiger partial charge in [-0.05, 0) is 109 Å². The van der Waals surface area contributed by atoms with E-state index in [1.54, 1.807) is 0 Å². The summed E-state index contributed by atoms with van der Waals surface area (Å²) >= 11 is 0. The predicted octanol–water partition coefficient (Wildman–Crippen LogP) is 23.0. The summed E-state index contributed by atoms with van der Waals surface area (Å²) < 4.78 is 0. The van der Waals surface area contributed by atoms with Crippen molar-refractivity contribution < 1.29 is 4.79 Å². The summed E-state index contributed by atoms with van der Waals surface area (Å²) in [4.78, 5) is 3.69. The van der Waals surface area contributed by atoms with Crippen molar-refractivity contribution in [3.05, 3.63) is 86.5 Å². The topological polar surface area (TPSA) is 36.4 Å². The maximum atomic E-state index is 10.2. The van der Waals surface area contributed by atoms with E-state index in [2.05, 4.69) is 88.6 Å². The van der Waals surface area contributed by atoms with E-state index in [1.165, 1.54) is 289 Å². The number of allylic oxidation sites excluding steroid dienone is 2. The van der Waals surface area contributed by atoms with Crippen molar-refractivity contribution in [3.8, 4) is 0 Å². The normalized spacial score (nSPS) is 11.8. The fourth-order valence-corrected chi connectivity index (χ4v) is 11.0. The largest absolute Gasteiger partial charge is 0.348 e. The Labute approximate surface area is 437 Å². The molecule has 0 atom stereocenters. The highest BCUT2D eigenvalue weighted by Gasteiger charge is 2.20. The van der Waals surface area contributed by atoms with Crippen molar-refractivity contribution in [1.82, 2.24) is 0 Å². The Kier molecular flexibility index (Phi) is 41.8. The Morgan fingerprint density at radius 1 is 0.329 bits per heavy atom. The third-order valence-electron chi connectivity index (χ3n) is 15.5. The highest BCUT2D eigenvalue weighted by Crippen LogP contribution is 2.37. The molecule has 2 aromatic carbocycles. The van der Waals surface area contributed by atoms with Crippen LogP contribution in [0.3, 0.4) is 0 Å². The summed E-state index contributed by atoms with van der Waals surface area (Å²) in [5, 5.41) is 0. The second-order valence-electron chi connectivity index (χ2n) is 22.1. The van der Waals surface area contributed by atoms with Crippen LogP contribution in [0.2, 0.25) is 0 Å². The third-order valence-corrected chi connectivity index (χ3v) is 15.5. The Hall–Kier alpha value is -2.66. The molecule has 0 saturated carbocycles. The maximum absolute atomic E-state index is 10.2. The summed E-state index contributed by atoms with van der Waals surface area (Å²) in [6.45, 7) is 13.8. The van der Waals surface area contributed by atoms with Crippen molar-refractivity contribution in [3.63, 3.8) is 0 Å². The van der Waals surface area contributed by atoms with Crippen LogP contribution in [-0.4, -0.2) is 10.7 Å². The van der Waals surface area contributed by atoms with Crippen molar-refractivity contribution in [2.45, 2.75) is 337 Å². The first kappa shape index (κ1) is 63.5. The van der Waals surface area contributed by atoms with Gasteiger partial charge in [0.25, 0.3) is 0 Å². The standard InChI is InChI=1S/C68H116N2/c1-7-13-17-21-22-23-24-25-26-27-28-29-30-31-32-33-34-35-36-37-38-39-40-41-42-43-44-47-51-64(59-70-69)67(52-48-20-16-10-4)68(65-55-60(11-5)53-61(12-6)56-65)66-57-62(49-45-18-14-8-2)54-63(58-66)50-46-19-15-9-3/h53-58H,7-52H2,1-6H3. The van der Waals surface area contributed by atoms with Crippen molar-refractivity contribution in [2.75, 3.05) is 0 Å². The average Bonchev–Trinajstić information content (AvgIpc) is 3.37. The molecule has 0 heterocycles. The molecule has 0 unspecified atom stereocenters. The number of aryl methyl sites for hydroxylation is 4. The molecule has 0 radical (unpaired) electrons. The molecule has 0 bridgehead atoms. The third kappa shape index (κ3) is 31.7. The van der Waals surface area contributed by atoms with Crippen LogP contribution in [-0.2, 0) is 25.7 Å². The number of hydrogen-bond acceptors (Lipinski definition) is 0. The van der Waals surface area contributed by atoms with Gasteiger partial charge in [-0.25, -0.2) is 0 Å². The van der Waals surface area contributed by atoms with Gasteiger partial charge in [0, 0.05) is 0 Å². The van der Waals surface area contributed by atoms with Crippen LogP contribution in [0.1, 0.15) is 345 Å². The molecule has 398 valence electrons. The number of unbranched alkanes of at least 4 members (excludes halogenated alkanes) is 36. The zero-order valence-electron chi connectivity index (χ0n) is 47.9. The van der Waals surface area contributed by atoms with E-state index in [4.69, 9.17) is 0 Å². The molecule has 0 N–H and O–H groups in total. The van der Waals surface area contributed by atoms with E-state index >= 15 is 0 Å². The predicted molar refractivity (Wildman–Crippen MR) is 314 cm³/mol. The van der Waals surface area contributed by atoms with Gasteiger partial charge in [0.1, 0.15) is 0 Å². The lowest BCUT2D eigenvalue weighted by atomic mass is 9.82. The van der Waals surface area contributed by atoms with Gasteiger partial charge >= 0.3 is 5.87 Å². The van der Waals surface area contributed by atoms with Gasteiger partial charge in [-0.1, -0.05) is 309 Å². The number of rotatable bonds is 49. The van der Waals surface area contributed by atoms with Crippen molar-refractivity contribution in [1.29, 1.82) is 0 Å². The number of benzene rings is 2. The van der Waals surface area contributed by atoms with Crippen LogP contribution in [0.4, 0.5) is 0 Å². The highest BCUT2D eigenvalue weighted by molar-refractivity contribution is 5.87. The fourth-order valence-electron chi connectivity index (χ4n) is 11.0. The molecule has 0 aliphatic heterocycles. The van der Waals surface area contributed by atoms with Crippen LogP contribution in [0.25, 0.3) is 11.1 Å². The quantitative estimate of drug-likeness (QED) is 0.0208. The molecule has 2 nitrogen and oxygen atoms in total. The van der Waals surface area contributed by atoms with E-state index in [0.29, 0.717) is 0 Å². The molecule has 0 fully saturated rings. The fraction of sp³-hybridized carbons (Fsp3) is 0.765. The lowest BCUT2D eigenvalue weighted by molar-refractivity contribution is 0.00739. The summed E-state index contributed by atoms with van der Waals surface area (Å²) in [6, 6.07) is 15.0. The minimum Gasteiger partial charge on any atom is -0.348 e. The van der Waals surface area contributed by atoms with E-state index in [1.807, 2.05) is 0 Å². The van der Waals surface area contributed by atoms with E-state index < -0.39 is 0 Å². The summed E-state index contributed by atoms with van der Waals surface area (Å²) in [6.07, 6.45) is 61.1. The first-order valence-electron chi connectivity index (χ1n) is 31.5. The Morgan fingerprint density at radius 2 is 0.600 bits per heavy atom. The van der Waals surface area contributed by atoms with Gasteiger partial charge in [0.15, 0.2) is 0 Å². The van der Waals surface area contributed by atoms with Crippen LogP contribution in [0.5, 0.6) is 0 Å². The van der Waals surface area contributed by atoms with Gasteiger partial charge in [-0.3, -0.25) is 0 Å². The molecule has 2 heteroatoms. The minimum absolute atomic E-state index is 0.921. The van der Waals surface area contributed by atoms with E-state index in [-0.39, 0.29) is 0 Å². The van der Waals surface area contributed by atoms with Gasteiger partial charge < -0.3 is 5.53 Å². The molecular weight excluding hydrogens is 845 g/mol. The van der Waals surface area contributed by atoms with Crippen molar-refractivity contribution >= 4 is 11.4 Å². The molecule has 0 saturated heterocycles. The minimum atomic E-state index is 0.921. The van der Waals surface area contributed by atoms with Gasteiger partial charge in [0.2, 0.25) is 0 Å². The second-order valence-corrected chi connectivity index (χ2v) is 22.1. The van der Waals surface area contributed by atoms with Crippen LogP contribution < -0.4 is 0 Å². The average molecular weight is 962 g/mol.